The number of benzene rings is 1. The third-order valence-electron chi connectivity index (χ3n) is 5.66. The molecule has 1 unspecified atom stereocenters. The fraction of sp³-hybridized carbons (Fsp3) is 0.500. The van der Waals surface area contributed by atoms with E-state index in [1.54, 1.807) is 19.2 Å². The number of aliphatic imine (C=N–C) groups is 1. The Kier molecular flexibility index (Phi) is 4.87. The van der Waals surface area contributed by atoms with Crippen molar-refractivity contribution in [3.63, 3.8) is 0 Å². The third-order valence-corrected chi connectivity index (χ3v) is 5.66. The van der Waals surface area contributed by atoms with Crippen LogP contribution in [0.4, 0.5) is 9.18 Å². The minimum absolute atomic E-state index is 0.284. The molecule has 7 nitrogen and oxygen atoms in total. The topological polar surface area (TPSA) is 59.2 Å². The molecule has 3 aliphatic rings. The van der Waals surface area contributed by atoms with Gasteiger partial charge in [0.2, 0.25) is 11.9 Å². The van der Waals surface area contributed by atoms with Crippen LogP contribution in [0.1, 0.15) is 31.2 Å². The van der Waals surface area contributed by atoms with Gasteiger partial charge in [0.1, 0.15) is 5.82 Å². The Morgan fingerprint density at radius 1 is 1.04 bits per heavy atom. The summed E-state index contributed by atoms with van der Waals surface area (Å²) in [6.07, 6.45) is 4.52. The van der Waals surface area contributed by atoms with Crippen LogP contribution in [-0.2, 0) is 11.3 Å². The van der Waals surface area contributed by atoms with Crippen molar-refractivity contribution >= 4 is 23.7 Å². The second-order valence-corrected chi connectivity index (χ2v) is 7.57. The molecule has 0 radical (unpaired) electrons. The molecule has 8 heteroatoms. The smallest absolute Gasteiger partial charge is 0.270 e. The van der Waals surface area contributed by atoms with Gasteiger partial charge < -0.3 is 0 Å². The van der Waals surface area contributed by atoms with Gasteiger partial charge in [-0.2, -0.15) is 0 Å². The van der Waals surface area contributed by atoms with E-state index in [-0.39, 0.29) is 17.8 Å². The Morgan fingerprint density at radius 3 is 2.32 bits per heavy atom. The van der Waals surface area contributed by atoms with Gasteiger partial charge in [0.25, 0.3) is 5.91 Å². The van der Waals surface area contributed by atoms with E-state index in [1.807, 2.05) is 4.90 Å². The van der Waals surface area contributed by atoms with Crippen molar-refractivity contribution in [2.45, 2.75) is 38.3 Å². The predicted molar refractivity (Wildman–Crippen MR) is 103 cm³/mol. The molecule has 1 aromatic carbocycles. The lowest BCUT2D eigenvalue weighted by atomic mass is 10.1. The molecule has 3 heterocycles. The summed E-state index contributed by atoms with van der Waals surface area (Å²) in [6.45, 7) is 2.17. The highest BCUT2D eigenvalue weighted by atomic mass is 19.1. The lowest BCUT2D eigenvalue weighted by Crippen LogP contribution is -2.62. The first-order valence-corrected chi connectivity index (χ1v) is 9.74. The van der Waals surface area contributed by atoms with Crippen LogP contribution in [0.3, 0.4) is 0 Å². The molecule has 3 aliphatic heterocycles. The highest BCUT2D eigenvalue weighted by Gasteiger charge is 2.55. The Hall–Kier alpha value is -2.77. The number of hydrogen-bond acceptors (Lipinski definition) is 2. The molecule has 4 rings (SSSR count). The Labute approximate surface area is 163 Å². The molecule has 1 aromatic rings. The van der Waals surface area contributed by atoms with Gasteiger partial charge in [-0.3, -0.25) is 19.2 Å². The molecule has 148 valence electrons. The van der Waals surface area contributed by atoms with Crippen molar-refractivity contribution in [1.29, 1.82) is 0 Å². The predicted octanol–water partition coefficient (Wildman–Crippen LogP) is 1.87. The lowest BCUT2D eigenvalue weighted by Gasteiger charge is -2.33. The van der Waals surface area contributed by atoms with Gasteiger partial charge in [-0.1, -0.05) is 30.0 Å². The number of carbonyl (C=O) groups excluding carboxylic acids is 2. The second kappa shape index (κ2) is 7.33. The highest BCUT2D eigenvalue weighted by molar-refractivity contribution is 6.25. The number of amidine groups is 1. The van der Waals surface area contributed by atoms with Crippen molar-refractivity contribution in [1.82, 2.24) is 14.7 Å². The van der Waals surface area contributed by atoms with Gasteiger partial charge >= 0.3 is 12.0 Å². The largest absolute Gasteiger partial charge is 0.392 e. The number of hydrogen-bond donors (Lipinski definition) is 0. The van der Waals surface area contributed by atoms with Crippen LogP contribution in [0.2, 0.25) is 0 Å². The number of halogens is 1. The molecule has 0 spiro atoms. The van der Waals surface area contributed by atoms with Crippen LogP contribution in [0, 0.1) is 5.82 Å². The second-order valence-electron chi connectivity index (χ2n) is 7.57. The molecule has 0 saturated carbocycles. The number of amides is 3. The van der Waals surface area contributed by atoms with Crippen LogP contribution < -0.4 is 0 Å². The average molecular weight is 386 g/mol. The van der Waals surface area contributed by atoms with E-state index in [0.717, 1.165) is 42.4 Å². The lowest BCUT2D eigenvalue weighted by molar-refractivity contribution is -0.531. The van der Waals surface area contributed by atoms with Crippen molar-refractivity contribution in [3.05, 3.63) is 35.6 Å². The molecular weight excluding hydrogens is 361 g/mol. The van der Waals surface area contributed by atoms with Gasteiger partial charge in [-0.05, 0) is 30.5 Å². The number of urea groups is 1. The summed E-state index contributed by atoms with van der Waals surface area (Å²) in [5.74, 6) is 0.621. The molecule has 2 saturated heterocycles. The number of fused-ring (bicyclic) bond motifs is 1. The zero-order valence-electron chi connectivity index (χ0n) is 16.3. The Morgan fingerprint density at radius 2 is 1.68 bits per heavy atom. The zero-order chi connectivity index (χ0) is 19.8. The summed E-state index contributed by atoms with van der Waals surface area (Å²) in [4.78, 5) is 34.7. The molecular formula is C20H25FN5O2+. The molecule has 0 N–H and O–H groups in total. The fourth-order valence-electron chi connectivity index (χ4n) is 4.06. The molecule has 0 aliphatic carbocycles. The molecule has 1 atom stereocenters. The normalized spacial score (nSPS) is 23.2. The summed E-state index contributed by atoms with van der Waals surface area (Å²) in [6, 6.07) is 5.26. The van der Waals surface area contributed by atoms with Crippen molar-refractivity contribution < 1.29 is 18.6 Å². The van der Waals surface area contributed by atoms with Crippen LogP contribution in [0.15, 0.2) is 29.3 Å². The number of imide groups is 1. The van der Waals surface area contributed by atoms with E-state index in [9.17, 15) is 14.0 Å². The minimum atomic E-state index is -0.643. The van der Waals surface area contributed by atoms with E-state index in [4.69, 9.17) is 4.99 Å². The maximum absolute atomic E-state index is 13.3. The first-order valence-electron chi connectivity index (χ1n) is 9.74. The third kappa shape index (κ3) is 3.16. The summed E-state index contributed by atoms with van der Waals surface area (Å²) in [5, 5.41) is 0. The summed E-state index contributed by atoms with van der Waals surface area (Å²) in [5.41, 5.74) is 0.889. The van der Waals surface area contributed by atoms with Crippen molar-refractivity contribution in [2.24, 2.45) is 4.99 Å². The summed E-state index contributed by atoms with van der Waals surface area (Å²) in [7, 11) is 3.15. The Bertz CT molecular complexity index is 854. The summed E-state index contributed by atoms with van der Waals surface area (Å²) < 4.78 is 15.6. The maximum atomic E-state index is 13.3. The van der Waals surface area contributed by atoms with Crippen LogP contribution >= 0.6 is 0 Å². The van der Waals surface area contributed by atoms with E-state index in [0.29, 0.717) is 12.4 Å². The highest BCUT2D eigenvalue weighted by Crippen LogP contribution is 2.25. The fourth-order valence-corrected chi connectivity index (χ4v) is 4.06. The van der Waals surface area contributed by atoms with Crippen molar-refractivity contribution in [3.8, 4) is 0 Å². The molecule has 28 heavy (non-hydrogen) atoms. The van der Waals surface area contributed by atoms with Crippen molar-refractivity contribution in [2.75, 3.05) is 27.2 Å². The van der Waals surface area contributed by atoms with Crippen LogP contribution in [0.25, 0.3) is 0 Å². The number of likely N-dealkylation sites (N-methyl/N-ethyl adjacent to an activating group) is 2. The van der Waals surface area contributed by atoms with Gasteiger partial charge in [0, 0.05) is 14.1 Å². The van der Waals surface area contributed by atoms with Crippen LogP contribution in [-0.4, -0.2) is 76.2 Å². The van der Waals surface area contributed by atoms with Gasteiger partial charge in [-0.15, -0.1) is 0 Å². The first-order chi connectivity index (χ1) is 13.5. The number of carbonyl (C=O) groups is 2. The maximum Gasteiger partial charge on any atom is 0.392 e. The van der Waals surface area contributed by atoms with E-state index in [1.165, 1.54) is 36.9 Å². The number of nitrogens with zero attached hydrogens (tertiary/aromatic N) is 5. The molecule has 0 aromatic heterocycles. The number of guanidine groups is 1. The van der Waals surface area contributed by atoms with Gasteiger partial charge in [-0.25, -0.2) is 14.1 Å². The van der Waals surface area contributed by atoms with E-state index < -0.39 is 6.04 Å². The minimum Gasteiger partial charge on any atom is -0.270 e. The summed E-state index contributed by atoms with van der Waals surface area (Å²) >= 11 is 0. The zero-order valence-corrected chi connectivity index (χ0v) is 16.3. The monoisotopic (exact) mass is 386 g/mol. The Balaban J connectivity index is 1.76. The van der Waals surface area contributed by atoms with Gasteiger partial charge in [0.15, 0.2) is 0 Å². The molecule has 2 fully saturated rings. The van der Waals surface area contributed by atoms with E-state index in [2.05, 4.69) is 4.58 Å². The average Bonchev–Trinajstić information content (AvgIpc) is 2.87. The van der Waals surface area contributed by atoms with Crippen LogP contribution in [0.5, 0.6) is 0 Å². The van der Waals surface area contributed by atoms with E-state index >= 15 is 0 Å². The quantitative estimate of drug-likeness (QED) is 0.729. The molecule has 3 amide bonds. The SMILES string of the molecule is CN1C(=O)C2C(=NC(=[N+]3CCCCCC3)N2Cc2ccc(F)cc2)N(C)C1=O. The van der Waals surface area contributed by atoms with Gasteiger partial charge in [0.05, 0.1) is 19.6 Å². The molecule has 0 bridgehead atoms. The number of rotatable bonds is 2. The standard InChI is InChI=1S/C20H25FN5O2/c1-23-17-16(18(27)24(2)20(23)28)26(13-14-7-9-15(21)10-8-14)19(22-17)25-11-5-3-4-6-12-25/h7-10,16H,3-6,11-13H2,1-2H3/q+1. The first kappa shape index (κ1) is 18.6.